The SMILES string of the molecule is C#CCCC(=O)NC1CC(N)C1(C)C. The highest BCUT2D eigenvalue weighted by Gasteiger charge is 2.46. The zero-order valence-electron chi connectivity index (χ0n) is 8.84. The van der Waals surface area contributed by atoms with Gasteiger partial charge in [-0.3, -0.25) is 4.79 Å². The van der Waals surface area contributed by atoms with Crippen LogP contribution in [0.4, 0.5) is 0 Å². The standard InChI is InChI=1S/C11H18N2O/c1-4-5-6-10(14)13-9-7-8(12)11(9,2)3/h1,8-9H,5-7,12H2,2-3H3,(H,13,14). The first-order chi connectivity index (χ1) is 6.48. The van der Waals surface area contributed by atoms with Crippen molar-refractivity contribution >= 4 is 5.91 Å². The highest BCUT2D eigenvalue weighted by Crippen LogP contribution is 2.38. The number of rotatable bonds is 3. The molecule has 0 aromatic heterocycles. The smallest absolute Gasteiger partial charge is 0.221 e. The second-order valence-corrected chi connectivity index (χ2v) is 4.49. The first-order valence-electron chi connectivity index (χ1n) is 4.97. The molecule has 0 bridgehead atoms. The van der Waals surface area contributed by atoms with E-state index in [4.69, 9.17) is 12.2 Å². The molecule has 0 aromatic rings. The van der Waals surface area contributed by atoms with Gasteiger partial charge in [-0.2, -0.15) is 0 Å². The van der Waals surface area contributed by atoms with E-state index in [0.717, 1.165) is 6.42 Å². The molecule has 1 aliphatic carbocycles. The van der Waals surface area contributed by atoms with Crippen LogP contribution in [0.3, 0.4) is 0 Å². The Hall–Kier alpha value is -1.01. The second-order valence-electron chi connectivity index (χ2n) is 4.49. The average Bonchev–Trinajstić information content (AvgIpc) is 2.14. The van der Waals surface area contributed by atoms with Gasteiger partial charge >= 0.3 is 0 Å². The first-order valence-corrected chi connectivity index (χ1v) is 4.97. The van der Waals surface area contributed by atoms with Crippen molar-refractivity contribution in [3.05, 3.63) is 0 Å². The Morgan fingerprint density at radius 1 is 1.71 bits per heavy atom. The highest BCUT2D eigenvalue weighted by molar-refractivity contribution is 5.76. The third-order valence-corrected chi connectivity index (χ3v) is 3.18. The van der Waals surface area contributed by atoms with Gasteiger partial charge in [-0.15, -0.1) is 12.3 Å². The number of amides is 1. The zero-order valence-corrected chi connectivity index (χ0v) is 8.84. The fraction of sp³-hybridized carbons (Fsp3) is 0.727. The third-order valence-electron chi connectivity index (χ3n) is 3.18. The van der Waals surface area contributed by atoms with Crippen LogP contribution < -0.4 is 11.1 Å². The van der Waals surface area contributed by atoms with Crippen LogP contribution in [0, 0.1) is 17.8 Å². The lowest BCUT2D eigenvalue weighted by atomic mass is 9.63. The molecule has 0 saturated heterocycles. The van der Waals surface area contributed by atoms with E-state index < -0.39 is 0 Å². The molecule has 14 heavy (non-hydrogen) atoms. The number of nitrogens with one attached hydrogen (secondary N) is 1. The summed E-state index contributed by atoms with van der Waals surface area (Å²) in [5, 5.41) is 2.96. The van der Waals surface area contributed by atoms with Gasteiger partial charge in [-0.05, 0) is 6.42 Å². The van der Waals surface area contributed by atoms with Gasteiger partial charge in [0.15, 0.2) is 0 Å². The van der Waals surface area contributed by atoms with E-state index in [1.165, 1.54) is 0 Å². The Kier molecular flexibility index (Phi) is 3.17. The summed E-state index contributed by atoms with van der Waals surface area (Å²) in [5.41, 5.74) is 5.86. The summed E-state index contributed by atoms with van der Waals surface area (Å²) in [5.74, 6) is 2.49. The molecule has 1 amide bonds. The summed E-state index contributed by atoms with van der Waals surface area (Å²) < 4.78 is 0. The molecule has 78 valence electrons. The van der Waals surface area contributed by atoms with Crippen molar-refractivity contribution in [1.82, 2.24) is 5.32 Å². The van der Waals surface area contributed by atoms with Crippen LogP contribution >= 0.6 is 0 Å². The third kappa shape index (κ3) is 2.08. The van der Waals surface area contributed by atoms with Crippen LogP contribution in [-0.2, 0) is 4.79 Å². The topological polar surface area (TPSA) is 55.1 Å². The Balaban J connectivity index is 2.33. The molecule has 0 spiro atoms. The van der Waals surface area contributed by atoms with Gasteiger partial charge in [0.2, 0.25) is 5.91 Å². The number of nitrogens with two attached hydrogens (primary N) is 1. The van der Waals surface area contributed by atoms with E-state index in [1.54, 1.807) is 0 Å². The number of hydrogen-bond donors (Lipinski definition) is 2. The molecule has 1 fully saturated rings. The van der Waals surface area contributed by atoms with E-state index >= 15 is 0 Å². The monoisotopic (exact) mass is 194 g/mol. The minimum Gasteiger partial charge on any atom is -0.353 e. The predicted molar refractivity (Wildman–Crippen MR) is 56.4 cm³/mol. The lowest BCUT2D eigenvalue weighted by molar-refractivity contribution is -0.124. The number of carbonyl (C=O) groups excluding carboxylic acids is 1. The molecule has 3 nitrogen and oxygen atoms in total. The van der Waals surface area contributed by atoms with Gasteiger partial charge in [-0.25, -0.2) is 0 Å². The molecule has 1 aliphatic rings. The van der Waals surface area contributed by atoms with Crippen LogP contribution in [0.1, 0.15) is 33.1 Å². The molecule has 0 aliphatic heterocycles. The molecular formula is C11H18N2O. The zero-order chi connectivity index (χ0) is 10.8. The fourth-order valence-electron chi connectivity index (χ4n) is 1.66. The Bertz CT molecular complexity index is 265. The maximum absolute atomic E-state index is 11.4. The minimum atomic E-state index is 0.0196. The molecular weight excluding hydrogens is 176 g/mol. The molecule has 0 aromatic carbocycles. The Labute approximate surface area is 85.4 Å². The van der Waals surface area contributed by atoms with Gasteiger partial charge in [0, 0.05) is 30.3 Å². The molecule has 0 heterocycles. The van der Waals surface area contributed by atoms with E-state index in [0.29, 0.717) is 12.8 Å². The van der Waals surface area contributed by atoms with Gasteiger partial charge in [-0.1, -0.05) is 13.8 Å². The minimum absolute atomic E-state index is 0.0196. The number of hydrogen-bond acceptors (Lipinski definition) is 2. The van der Waals surface area contributed by atoms with E-state index in [1.807, 2.05) is 0 Å². The van der Waals surface area contributed by atoms with Crippen LogP contribution in [0.5, 0.6) is 0 Å². The number of carbonyl (C=O) groups is 1. The van der Waals surface area contributed by atoms with Crippen molar-refractivity contribution < 1.29 is 4.79 Å². The van der Waals surface area contributed by atoms with Crippen molar-refractivity contribution in [2.45, 2.75) is 45.2 Å². The van der Waals surface area contributed by atoms with Crippen LogP contribution in [0.2, 0.25) is 0 Å². The van der Waals surface area contributed by atoms with Crippen molar-refractivity contribution in [2.75, 3.05) is 0 Å². The van der Waals surface area contributed by atoms with Crippen molar-refractivity contribution in [2.24, 2.45) is 11.1 Å². The van der Waals surface area contributed by atoms with E-state index in [2.05, 4.69) is 25.1 Å². The first kappa shape index (κ1) is 11.1. The summed E-state index contributed by atoms with van der Waals surface area (Å²) in [6, 6.07) is 0.406. The van der Waals surface area contributed by atoms with Gasteiger partial charge in [0.05, 0.1) is 0 Å². The average molecular weight is 194 g/mol. The van der Waals surface area contributed by atoms with Gasteiger partial charge in [0.25, 0.3) is 0 Å². The largest absolute Gasteiger partial charge is 0.353 e. The Morgan fingerprint density at radius 2 is 2.36 bits per heavy atom. The summed E-state index contributed by atoms with van der Waals surface area (Å²) in [7, 11) is 0. The highest BCUT2D eigenvalue weighted by atomic mass is 16.1. The predicted octanol–water partition coefficient (Wildman–Crippen LogP) is 0.642. The molecule has 0 radical (unpaired) electrons. The van der Waals surface area contributed by atoms with Crippen LogP contribution in [0.25, 0.3) is 0 Å². The molecule has 2 atom stereocenters. The van der Waals surface area contributed by atoms with Crippen molar-refractivity contribution in [3.8, 4) is 12.3 Å². The summed E-state index contributed by atoms with van der Waals surface area (Å²) in [4.78, 5) is 11.4. The van der Waals surface area contributed by atoms with Crippen molar-refractivity contribution in [3.63, 3.8) is 0 Å². The molecule has 3 N–H and O–H groups in total. The van der Waals surface area contributed by atoms with Gasteiger partial charge in [0.1, 0.15) is 0 Å². The molecule has 2 unspecified atom stereocenters. The fourth-order valence-corrected chi connectivity index (χ4v) is 1.66. The van der Waals surface area contributed by atoms with E-state index in [-0.39, 0.29) is 23.4 Å². The molecule has 1 rings (SSSR count). The summed E-state index contributed by atoms with van der Waals surface area (Å²) in [6.07, 6.45) is 6.87. The lowest BCUT2D eigenvalue weighted by Gasteiger charge is -2.50. The Morgan fingerprint density at radius 3 is 2.79 bits per heavy atom. The quantitative estimate of drug-likeness (QED) is 0.648. The van der Waals surface area contributed by atoms with Crippen LogP contribution in [0.15, 0.2) is 0 Å². The maximum Gasteiger partial charge on any atom is 0.221 e. The van der Waals surface area contributed by atoms with Gasteiger partial charge < -0.3 is 11.1 Å². The summed E-state index contributed by atoms with van der Waals surface area (Å²) >= 11 is 0. The normalized spacial score (nSPS) is 28.7. The van der Waals surface area contributed by atoms with E-state index in [9.17, 15) is 4.79 Å². The van der Waals surface area contributed by atoms with Crippen molar-refractivity contribution in [1.29, 1.82) is 0 Å². The molecule has 1 saturated carbocycles. The van der Waals surface area contributed by atoms with Crippen LogP contribution in [-0.4, -0.2) is 18.0 Å². The maximum atomic E-state index is 11.4. The lowest BCUT2D eigenvalue weighted by Crippen LogP contribution is -2.64. The molecule has 3 heteroatoms. The second kappa shape index (κ2) is 4.02. The number of terminal acetylenes is 1. The summed E-state index contributed by atoms with van der Waals surface area (Å²) in [6.45, 7) is 4.15.